The van der Waals surface area contributed by atoms with Gasteiger partial charge in [-0.05, 0) is 50.1 Å². The third-order valence-corrected chi connectivity index (χ3v) is 4.61. The Labute approximate surface area is 126 Å². The van der Waals surface area contributed by atoms with Crippen molar-refractivity contribution in [2.24, 2.45) is 0 Å². The summed E-state index contributed by atoms with van der Waals surface area (Å²) in [4.78, 5) is 14.7. The van der Waals surface area contributed by atoms with E-state index in [2.05, 4.69) is 11.8 Å². The molecule has 0 aliphatic carbocycles. The van der Waals surface area contributed by atoms with Crippen molar-refractivity contribution in [2.75, 3.05) is 33.4 Å². The minimum Gasteiger partial charge on any atom is -0.493 e. The van der Waals surface area contributed by atoms with Gasteiger partial charge in [-0.15, -0.1) is 0 Å². The van der Waals surface area contributed by atoms with Crippen molar-refractivity contribution in [3.05, 3.63) is 29.3 Å². The Balaban J connectivity index is 1.66. The second kappa shape index (κ2) is 5.78. The Hall–Kier alpha value is -1.39. The lowest BCUT2D eigenvalue weighted by atomic mass is 9.94. The van der Waals surface area contributed by atoms with Crippen LogP contribution in [0.3, 0.4) is 0 Å². The van der Waals surface area contributed by atoms with E-state index in [0.717, 1.165) is 55.8 Å². The molecule has 2 heterocycles. The fraction of sp³-hybridized carbons (Fsp3) is 0.588. The summed E-state index contributed by atoms with van der Waals surface area (Å²) in [5.41, 5.74) is 1.83. The van der Waals surface area contributed by atoms with Crippen LogP contribution in [0.25, 0.3) is 0 Å². The van der Waals surface area contributed by atoms with Crippen LogP contribution in [-0.4, -0.2) is 49.6 Å². The van der Waals surface area contributed by atoms with Crippen molar-refractivity contribution in [1.82, 2.24) is 4.90 Å². The summed E-state index contributed by atoms with van der Waals surface area (Å²) in [7, 11) is 1.76. The fourth-order valence-electron chi connectivity index (χ4n) is 3.26. The number of fused-ring (bicyclic) bond motifs is 1. The molecule has 2 aliphatic heterocycles. The molecule has 0 N–H and O–H groups in total. The highest BCUT2D eigenvalue weighted by atomic mass is 16.5. The normalized spacial score (nSPS) is 25.4. The predicted octanol–water partition coefficient (Wildman–Crippen LogP) is 2.31. The maximum absolute atomic E-state index is 12.5. The van der Waals surface area contributed by atoms with Crippen molar-refractivity contribution >= 4 is 5.78 Å². The van der Waals surface area contributed by atoms with Gasteiger partial charge in [0.1, 0.15) is 5.75 Å². The fourth-order valence-corrected chi connectivity index (χ4v) is 3.26. The lowest BCUT2D eigenvalue weighted by molar-refractivity contribution is -0.0485. The number of rotatable bonds is 4. The van der Waals surface area contributed by atoms with E-state index in [4.69, 9.17) is 9.47 Å². The molecule has 3 rings (SSSR count). The van der Waals surface area contributed by atoms with Crippen LogP contribution >= 0.6 is 0 Å². The van der Waals surface area contributed by atoms with Crippen molar-refractivity contribution in [3.8, 4) is 5.75 Å². The first-order valence-corrected chi connectivity index (χ1v) is 7.66. The van der Waals surface area contributed by atoms with Gasteiger partial charge in [0.25, 0.3) is 0 Å². The average molecular weight is 289 g/mol. The SMILES string of the molecule is COC1(C)CCCN(CC(=O)c2ccc3c(c2)CCO3)C1. The minimum absolute atomic E-state index is 0.121. The molecule has 0 saturated carbocycles. The van der Waals surface area contributed by atoms with Crippen LogP contribution in [0.2, 0.25) is 0 Å². The van der Waals surface area contributed by atoms with Crippen LogP contribution in [-0.2, 0) is 11.2 Å². The van der Waals surface area contributed by atoms with Gasteiger partial charge in [-0.25, -0.2) is 0 Å². The van der Waals surface area contributed by atoms with E-state index < -0.39 is 0 Å². The van der Waals surface area contributed by atoms with Crippen LogP contribution in [0.4, 0.5) is 0 Å². The molecule has 1 fully saturated rings. The number of carbonyl (C=O) groups excluding carboxylic acids is 1. The number of hydrogen-bond acceptors (Lipinski definition) is 4. The van der Waals surface area contributed by atoms with Crippen LogP contribution in [0, 0.1) is 0 Å². The second-order valence-corrected chi connectivity index (χ2v) is 6.31. The van der Waals surface area contributed by atoms with Gasteiger partial charge in [0.15, 0.2) is 5.78 Å². The molecule has 21 heavy (non-hydrogen) atoms. The van der Waals surface area contributed by atoms with E-state index in [-0.39, 0.29) is 11.4 Å². The van der Waals surface area contributed by atoms with E-state index >= 15 is 0 Å². The number of hydrogen-bond donors (Lipinski definition) is 0. The van der Waals surface area contributed by atoms with E-state index in [0.29, 0.717) is 6.54 Å². The number of Topliss-reactive ketones (excluding diaryl/α,β-unsaturated/α-hetero) is 1. The molecule has 0 radical (unpaired) electrons. The first-order chi connectivity index (χ1) is 10.1. The molecule has 4 nitrogen and oxygen atoms in total. The molecular formula is C17H23NO3. The third kappa shape index (κ3) is 3.11. The smallest absolute Gasteiger partial charge is 0.176 e. The molecule has 2 aliphatic rings. The summed E-state index contributed by atoms with van der Waals surface area (Å²) in [5, 5.41) is 0. The Morgan fingerprint density at radius 1 is 1.48 bits per heavy atom. The van der Waals surface area contributed by atoms with Gasteiger partial charge in [0, 0.05) is 25.6 Å². The maximum atomic E-state index is 12.5. The van der Waals surface area contributed by atoms with Crippen molar-refractivity contribution in [1.29, 1.82) is 0 Å². The van der Waals surface area contributed by atoms with Crippen LogP contribution in [0.15, 0.2) is 18.2 Å². The standard InChI is InChI=1S/C17H23NO3/c1-17(20-2)7-3-8-18(12-17)11-15(19)13-4-5-16-14(10-13)6-9-21-16/h4-5,10H,3,6-9,11-12H2,1-2H3. The summed E-state index contributed by atoms with van der Waals surface area (Å²) < 4.78 is 11.1. The minimum atomic E-state index is -0.121. The van der Waals surface area contributed by atoms with Gasteiger partial charge >= 0.3 is 0 Å². The topological polar surface area (TPSA) is 38.8 Å². The number of carbonyl (C=O) groups is 1. The number of nitrogens with zero attached hydrogens (tertiary/aromatic N) is 1. The zero-order chi connectivity index (χ0) is 14.9. The number of ketones is 1. The van der Waals surface area contributed by atoms with Gasteiger partial charge in [-0.3, -0.25) is 9.69 Å². The number of likely N-dealkylation sites (tertiary alicyclic amines) is 1. The van der Waals surface area contributed by atoms with Crippen molar-refractivity contribution < 1.29 is 14.3 Å². The van der Waals surface area contributed by atoms with Gasteiger partial charge in [0.05, 0.1) is 18.8 Å². The highest BCUT2D eigenvalue weighted by molar-refractivity contribution is 5.98. The Morgan fingerprint density at radius 2 is 2.33 bits per heavy atom. The Kier molecular flexibility index (Phi) is 4.00. The molecular weight excluding hydrogens is 266 g/mol. The van der Waals surface area contributed by atoms with Gasteiger partial charge in [-0.1, -0.05) is 0 Å². The molecule has 1 unspecified atom stereocenters. The van der Waals surface area contributed by atoms with Crippen molar-refractivity contribution in [3.63, 3.8) is 0 Å². The predicted molar refractivity (Wildman–Crippen MR) is 81.1 cm³/mol. The molecule has 1 aromatic rings. The molecule has 114 valence electrons. The second-order valence-electron chi connectivity index (χ2n) is 6.31. The van der Waals surface area contributed by atoms with E-state index in [1.54, 1.807) is 7.11 Å². The molecule has 1 aromatic carbocycles. The van der Waals surface area contributed by atoms with Gasteiger partial charge < -0.3 is 9.47 Å². The quantitative estimate of drug-likeness (QED) is 0.797. The molecule has 0 spiro atoms. The number of ether oxygens (including phenoxy) is 2. The summed E-state index contributed by atoms with van der Waals surface area (Å²) in [5.74, 6) is 1.11. The Morgan fingerprint density at radius 3 is 3.14 bits per heavy atom. The van der Waals surface area contributed by atoms with E-state index in [1.165, 1.54) is 0 Å². The molecule has 0 aromatic heterocycles. The van der Waals surface area contributed by atoms with Crippen LogP contribution in [0.5, 0.6) is 5.75 Å². The van der Waals surface area contributed by atoms with Crippen LogP contribution < -0.4 is 4.74 Å². The molecule has 0 bridgehead atoms. The zero-order valence-corrected chi connectivity index (χ0v) is 12.9. The van der Waals surface area contributed by atoms with Crippen LogP contribution in [0.1, 0.15) is 35.7 Å². The third-order valence-electron chi connectivity index (χ3n) is 4.61. The summed E-state index contributed by atoms with van der Waals surface area (Å²) >= 11 is 0. The van der Waals surface area contributed by atoms with Crippen molar-refractivity contribution in [2.45, 2.75) is 31.8 Å². The number of benzene rings is 1. The van der Waals surface area contributed by atoms with E-state index in [1.807, 2.05) is 18.2 Å². The first kappa shape index (κ1) is 14.5. The summed E-state index contributed by atoms with van der Waals surface area (Å²) in [6, 6.07) is 5.79. The highest BCUT2D eigenvalue weighted by Crippen LogP contribution is 2.27. The first-order valence-electron chi connectivity index (χ1n) is 7.66. The monoisotopic (exact) mass is 289 g/mol. The molecule has 0 amide bonds. The highest BCUT2D eigenvalue weighted by Gasteiger charge is 2.31. The average Bonchev–Trinajstić information content (AvgIpc) is 2.94. The van der Waals surface area contributed by atoms with E-state index in [9.17, 15) is 4.79 Å². The molecule has 1 saturated heterocycles. The lowest BCUT2D eigenvalue weighted by Crippen LogP contribution is -2.48. The maximum Gasteiger partial charge on any atom is 0.176 e. The largest absolute Gasteiger partial charge is 0.493 e. The zero-order valence-electron chi connectivity index (χ0n) is 12.9. The van der Waals surface area contributed by atoms with Gasteiger partial charge in [0.2, 0.25) is 0 Å². The van der Waals surface area contributed by atoms with Gasteiger partial charge in [-0.2, -0.15) is 0 Å². The molecule has 1 atom stereocenters. The molecule has 4 heteroatoms. The lowest BCUT2D eigenvalue weighted by Gasteiger charge is -2.39. The number of piperidine rings is 1. The Bertz CT molecular complexity index is 543. The number of methoxy groups -OCH3 is 1. The summed E-state index contributed by atoms with van der Waals surface area (Å²) in [6.45, 7) is 5.11. The summed E-state index contributed by atoms with van der Waals surface area (Å²) in [6.07, 6.45) is 3.04.